The summed E-state index contributed by atoms with van der Waals surface area (Å²) in [6.45, 7) is 2.58. The van der Waals surface area contributed by atoms with Crippen LogP contribution in [0.4, 0.5) is 0 Å². The summed E-state index contributed by atoms with van der Waals surface area (Å²) >= 11 is 0. The van der Waals surface area contributed by atoms with Gasteiger partial charge in [-0.15, -0.1) is 6.42 Å². The number of hydrogen-bond donors (Lipinski definition) is 3. The molecule has 0 bridgehead atoms. The van der Waals surface area contributed by atoms with Crippen LogP contribution in [0, 0.1) is 12.3 Å². The number of esters is 1. The van der Waals surface area contributed by atoms with Gasteiger partial charge in [0, 0.05) is 13.3 Å². The maximum absolute atomic E-state index is 11.8. The zero-order chi connectivity index (χ0) is 15.0. The molecule has 4 N–H and O–H groups in total. The van der Waals surface area contributed by atoms with Crippen LogP contribution in [0.1, 0.15) is 20.3 Å². The molecule has 1 unspecified atom stereocenters. The summed E-state index contributed by atoms with van der Waals surface area (Å²) in [7, 11) is 0. The number of terminal acetylenes is 1. The first-order valence-corrected chi connectivity index (χ1v) is 5.69. The quantitative estimate of drug-likeness (QED) is 0.289. The van der Waals surface area contributed by atoms with Crippen LogP contribution in [0.5, 0.6) is 0 Å². The molecule has 0 heterocycles. The van der Waals surface area contributed by atoms with Crippen molar-refractivity contribution in [3.05, 3.63) is 0 Å². The minimum absolute atomic E-state index is 0.0994. The lowest BCUT2D eigenvalue weighted by molar-refractivity contribution is -0.154. The number of hydrogen-bond acceptors (Lipinski definition) is 6. The normalized spacial score (nSPS) is 14.7. The van der Waals surface area contributed by atoms with Crippen molar-refractivity contribution in [1.82, 2.24) is 5.32 Å². The SMILES string of the molecule is C#CC(=O)[C@@H](NC(=O)[C@H](CCN)OC(C)=O)C(C)O. The summed E-state index contributed by atoms with van der Waals surface area (Å²) in [5.41, 5.74) is 5.30. The van der Waals surface area contributed by atoms with E-state index in [1.165, 1.54) is 6.92 Å². The van der Waals surface area contributed by atoms with E-state index in [0.717, 1.165) is 6.92 Å². The van der Waals surface area contributed by atoms with E-state index in [1.807, 2.05) is 5.92 Å². The molecule has 0 rings (SSSR count). The number of aliphatic hydroxyl groups excluding tert-OH is 1. The Balaban J connectivity index is 4.80. The van der Waals surface area contributed by atoms with Crippen molar-refractivity contribution in [2.75, 3.05) is 6.54 Å². The minimum atomic E-state index is -1.24. The number of carbonyl (C=O) groups excluding carboxylic acids is 3. The smallest absolute Gasteiger partial charge is 0.303 e. The summed E-state index contributed by atoms with van der Waals surface area (Å²) in [6, 6.07) is -1.24. The molecule has 106 valence electrons. The highest BCUT2D eigenvalue weighted by molar-refractivity contribution is 6.02. The topological polar surface area (TPSA) is 119 Å². The first-order valence-electron chi connectivity index (χ1n) is 5.69. The Morgan fingerprint density at radius 3 is 2.42 bits per heavy atom. The fourth-order valence-electron chi connectivity index (χ4n) is 1.34. The van der Waals surface area contributed by atoms with Gasteiger partial charge in [-0.2, -0.15) is 0 Å². The highest BCUT2D eigenvalue weighted by Gasteiger charge is 2.29. The first-order chi connectivity index (χ1) is 8.83. The number of ether oxygens (including phenoxy) is 1. The third-order valence-corrected chi connectivity index (χ3v) is 2.23. The van der Waals surface area contributed by atoms with Crippen LogP contribution < -0.4 is 11.1 Å². The van der Waals surface area contributed by atoms with Gasteiger partial charge >= 0.3 is 5.97 Å². The van der Waals surface area contributed by atoms with Gasteiger partial charge < -0.3 is 20.9 Å². The van der Waals surface area contributed by atoms with Crippen molar-refractivity contribution < 1.29 is 24.2 Å². The van der Waals surface area contributed by atoms with Gasteiger partial charge in [0.2, 0.25) is 5.78 Å². The standard InChI is InChI=1S/C12H18N2O5/c1-4-9(17)11(7(2)15)14-12(18)10(5-6-13)19-8(3)16/h1,7,10-11,15H,5-6,13H2,2-3H3,(H,14,18)/t7?,10-,11-/m0/s1. The second-order valence-electron chi connectivity index (χ2n) is 3.91. The molecular formula is C12H18N2O5. The van der Waals surface area contributed by atoms with E-state index in [4.69, 9.17) is 16.9 Å². The number of nitrogens with two attached hydrogens (primary N) is 1. The van der Waals surface area contributed by atoms with Crippen molar-refractivity contribution in [2.24, 2.45) is 5.73 Å². The second-order valence-corrected chi connectivity index (χ2v) is 3.91. The fraction of sp³-hybridized carbons (Fsp3) is 0.583. The van der Waals surface area contributed by atoms with Gasteiger partial charge in [0.05, 0.1) is 6.10 Å². The van der Waals surface area contributed by atoms with Crippen LogP contribution in [0.3, 0.4) is 0 Å². The summed E-state index contributed by atoms with van der Waals surface area (Å²) in [5, 5.41) is 11.6. The predicted octanol–water partition coefficient (Wildman–Crippen LogP) is -1.67. The summed E-state index contributed by atoms with van der Waals surface area (Å²) < 4.78 is 4.77. The molecular weight excluding hydrogens is 252 g/mol. The van der Waals surface area contributed by atoms with Gasteiger partial charge in [-0.3, -0.25) is 14.4 Å². The van der Waals surface area contributed by atoms with Gasteiger partial charge in [0.15, 0.2) is 6.10 Å². The van der Waals surface area contributed by atoms with Gasteiger partial charge in [-0.25, -0.2) is 0 Å². The summed E-state index contributed by atoms with van der Waals surface area (Å²) in [6.07, 6.45) is 2.75. The molecule has 0 aliphatic heterocycles. The van der Waals surface area contributed by atoms with Crippen LogP contribution in [0.15, 0.2) is 0 Å². The number of rotatable bonds is 7. The van der Waals surface area contributed by atoms with Gasteiger partial charge in [-0.1, -0.05) is 0 Å². The van der Waals surface area contributed by atoms with Crippen LogP contribution in [-0.4, -0.2) is 47.6 Å². The molecule has 0 aliphatic carbocycles. The number of Topliss-reactive ketones (excluding diaryl/α,β-unsaturated/α-hetero) is 1. The van der Waals surface area contributed by atoms with E-state index in [-0.39, 0.29) is 13.0 Å². The first kappa shape index (κ1) is 17.1. The number of ketones is 1. The molecule has 0 saturated heterocycles. The number of aliphatic hydroxyl groups is 1. The molecule has 0 aliphatic rings. The van der Waals surface area contributed by atoms with Crippen molar-refractivity contribution in [3.8, 4) is 12.3 Å². The molecule has 0 aromatic carbocycles. The molecule has 0 fully saturated rings. The highest BCUT2D eigenvalue weighted by atomic mass is 16.5. The Hall–Kier alpha value is -1.91. The average Bonchev–Trinajstić information content (AvgIpc) is 2.33. The van der Waals surface area contributed by atoms with Gasteiger partial charge in [0.1, 0.15) is 6.04 Å². The van der Waals surface area contributed by atoms with E-state index in [0.29, 0.717) is 0 Å². The third-order valence-electron chi connectivity index (χ3n) is 2.23. The Bertz CT molecular complexity index is 386. The maximum Gasteiger partial charge on any atom is 0.303 e. The Morgan fingerprint density at radius 2 is 2.05 bits per heavy atom. The van der Waals surface area contributed by atoms with Gasteiger partial charge in [-0.05, 0) is 19.4 Å². The molecule has 0 saturated carbocycles. The Morgan fingerprint density at radius 1 is 1.47 bits per heavy atom. The maximum atomic E-state index is 11.8. The molecule has 7 heteroatoms. The number of nitrogens with one attached hydrogen (secondary N) is 1. The fourth-order valence-corrected chi connectivity index (χ4v) is 1.34. The molecule has 3 atom stereocenters. The van der Waals surface area contributed by atoms with Gasteiger partial charge in [0.25, 0.3) is 5.91 Å². The van der Waals surface area contributed by atoms with E-state index in [1.54, 1.807) is 0 Å². The van der Waals surface area contributed by atoms with E-state index >= 15 is 0 Å². The Kier molecular flexibility index (Phi) is 7.41. The lowest BCUT2D eigenvalue weighted by Gasteiger charge is -2.21. The number of amides is 1. The molecule has 0 aromatic heterocycles. The van der Waals surface area contributed by atoms with Crippen molar-refractivity contribution in [1.29, 1.82) is 0 Å². The van der Waals surface area contributed by atoms with Crippen LogP contribution >= 0.6 is 0 Å². The van der Waals surface area contributed by atoms with Crippen LogP contribution in [-0.2, 0) is 19.1 Å². The summed E-state index contributed by atoms with van der Waals surface area (Å²) in [4.78, 5) is 34.0. The van der Waals surface area contributed by atoms with Crippen molar-refractivity contribution in [3.63, 3.8) is 0 Å². The lowest BCUT2D eigenvalue weighted by Crippen LogP contribution is -2.51. The molecule has 0 radical (unpaired) electrons. The minimum Gasteiger partial charge on any atom is -0.452 e. The highest BCUT2D eigenvalue weighted by Crippen LogP contribution is 2.02. The van der Waals surface area contributed by atoms with Crippen molar-refractivity contribution in [2.45, 2.75) is 38.5 Å². The van der Waals surface area contributed by atoms with E-state index < -0.39 is 35.9 Å². The monoisotopic (exact) mass is 270 g/mol. The summed E-state index contributed by atoms with van der Waals surface area (Å²) in [5.74, 6) is -0.323. The van der Waals surface area contributed by atoms with Crippen LogP contribution in [0.25, 0.3) is 0 Å². The zero-order valence-electron chi connectivity index (χ0n) is 10.9. The largest absolute Gasteiger partial charge is 0.452 e. The van der Waals surface area contributed by atoms with Crippen LogP contribution in [0.2, 0.25) is 0 Å². The predicted molar refractivity (Wildman–Crippen MR) is 66.7 cm³/mol. The van der Waals surface area contributed by atoms with E-state index in [2.05, 4.69) is 5.32 Å². The molecule has 1 amide bonds. The Labute approximate surface area is 111 Å². The number of carbonyl (C=O) groups is 3. The van der Waals surface area contributed by atoms with E-state index in [9.17, 15) is 19.5 Å². The second kappa shape index (κ2) is 8.24. The lowest BCUT2D eigenvalue weighted by atomic mass is 10.1. The third kappa shape index (κ3) is 5.99. The zero-order valence-corrected chi connectivity index (χ0v) is 10.9. The van der Waals surface area contributed by atoms with Crippen molar-refractivity contribution >= 4 is 17.7 Å². The molecule has 7 nitrogen and oxygen atoms in total. The molecule has 0 aromatic rings. The average molecular weight is 270 g/mol. The molecule has 19 heavy (non-hydrogen) atoms. The molecule has 0 spiro atoms.